The summed E-state index contributed by atoms with van der Waals surface area (Å²) in [7, 11) is 0. The number of rotatable bonds is 8. The lowest BCUT2D eigenvalue weighted by atomic mass is 9.95. The molecule has 0 bridgehead atoms. The molecule has 9 aromatic carbocycles. The molecule has 0 aliphatic heterocycles. The Morgan fingerprint density at radius 3 is 1.00 bits per heavy atom. The van der Waals surface area contributed by atoms with E-state index in [1.807, 2.05) is 11.3 Å². The Morgan fingerprint density at radius 2 is 0.541 bits per heavy atom. The predicted octanol–water partition coefficient (Wildman–Crippen LogP) is 15.6. The van der Waals surface area contributed by atoms with E-state index in [1.165, 1.54) is 25.7 Å². The summed E-state index contributed by atoms with van der Waals surface area (Å²) in [5, 5.41) is 2.60. The standard InChI is InChI=1S/C57H37N3S/c1-5-15-38(16-6-1)45-31-46(39-17-7-2-8-18-39)34-49(33-45)56-58-55(43-27-25-42(26-28-43)44-29-30-52-51-23-13-14-24-53(51)61-54(52)37-44)59-57(60-56)50-35-47(40-19-9-3-10-20-40)32-48(36-50)41-21-11-4-12-22-41/h1-37H. The zero-order valence-corrected chi connectivity index (χ0v) is 33.9. The van der Waals surface area contributed by atoms with Crippen LogP contribution in [0.2, 0.25) is 0 Å². The van der Waals surface area contributed by atoms with Gasteiger partial charge in [0.05, 0.1) is 0 Å². The normalized spacial score (nSPS) is 11.3. The van der Waals surface area contributed by atoms with Crippen LogP contribution in [0.15, 0.2) is 224 Å². The van der Waals surface area contributed by atoms with Crippen molar-refractivity contribution in [3.05, 3.63) is 224 Å². The minimum absolute atomic E-state index is 0.612. The van der Waals surface area contributed by atoms with Crippen LogP contribution in [0.5, 0.6) is 0 Å². The van der Waals surface area contributed by atoms with Crippen molar-refractivity contribution in [3.8, 4) is 89.8 Å². The van der Waals surface area contributed by atoms with Crippen molar-refractivity contribution in [2.45, 2.75) is 0 Å². The molecule has 0 atom stereocenters. The fourth-order valence-corrected chi connectivity index (χ4v) is 9.33. The van der Waals surface area contributed by atoms with E-state index in [2.05, 4.69) is 224 Å². The first-order valence-electron chi connectivity index (χ1n) is 20.5. The van der Waals surface area contributed by atoms with Gasteiger partial charge < -0.3 is 0 Å². The fourth-order valence-electron chi connectivity index (χ4n) is 8.18. The summed E-state index contributed by atoms with van der Waals surface area (Å²) in [4.78, 5) is 15.9. The maximum Gasteiger partial charge on any atom is 0.164 e. The van der Waals surface area contributed by atoms with Crippen molar-refractivity contribution in [1.29, 1.82) is 0 Å². The highest BCUT2D eigenvalue weighted by atomic mass is 32.1. The molecule has 0 unspecified atom stereocenters. The van der Waals surface area contributed by atoms with E-state index < -0.39 is 0 Å². The maximum absolute atomic E-state index is 5.33. The highest BCUT2D eigenvalue weighted by Crippen LogP contribution is 2.38. The third-order valence-corrected chi connectivity index (χ3v) is 12.4. The molecule has 0 fully saturated rings. The van der Waals surface area contributed by atoms with Gasteiger partial charge in [-0.15, -0.1) is 11.3 Å². The number of nitrogens with zero attached hydrogens (tertiary/aromatic N) is 3. The topological polar surface area (TPSA) is 38.7 Å². The average Bonchev–Trinajstić information content (AvgIpc) is 3.73. The number of aromatic nitrogens is 3. The number of benzene rings is 9. The maximum atomic E-state index is 5.33. The number of fused-ring (bicyclic) bond motifs is 3. The van der Waals surface area contributed by atoms with Gasteiger partial charge >= 0.3 is 0 Å². The minimum Gasteiger partial charge on any atom is -0.208 e. The van der Waals surface area contributed by atoms with Crippen molar-refractivity contribution < 1.29 is 0 Å². The van der Waals surface area contributed by atoms with E-state index in [0.29, 0.717) is 17.5 Å². The van der Waals surface area contributed by atoms with E-state index in [4.69, 9.17) is 15.0 Å². The summed E-state index contributed by atoms with van der Waals surface area (Å²) < 4.78 is 2.59. The van der Waals surface area contributed by atoms with Crippen LogP contribution in [-0.4, -0.2) is 15.0 Å². The summed E-state index contributed by atoms with van der Waals surface area (Å²) >= 11 is 1.84. The molecule has 11 rings (SSSR count). The molecule has 0 spiro atoms. The van der Waals surface area contributed by atoms with Crippen LogP contribution in [0.1, 0.15) is 0 Å². The van der Waals surface area contributed by atoms with Crippen LogP contribution in [0.3, 0.4) is 0 Å². The van der Waals surface area contributed by atoms with Crippen molar-refractivity contribution in [3.63, 3.8) is 0 Å². The Morgan fingerprint density at radius 1 is 0.213 bits per heavy atom. The van der Waals surface area contributed by atoms with Crippen LogP contribution in [0, 0.1) is 0 Å². The Bertz CT molecular complexity index is 3060. The average molecular weight is 796 g/mol. The lowest BCUT2D eigenvalue weighted by molar-refractivity contribution is 1.07. The molecule has 0 saturated carbocycles. The zero-order valence-electron chi connectivity index (χ0n) is 33.1. The molecule has 4 heteroatoms. The molecule has 3 nitrogen and oxygen atoms in total. The van der Waals surface area contributed by atoms with Crippen LogP contribution in [0.25, 0.3) is 110 Å². The molecule has 61 heavy (non-hydrogen) atoms. The monoisotopic (exact) mass is 795 g/mol. The molecular weight excluding hydrogens is 759 g/mol. The number of hydrogen-bond donors (Lipinski definition) is 0. The quantitative estimate of drug-likeness (QED) is 0.154. The molecule has 0 aliphatic carbocycles. The SMILES string of the molecule is c1ccc(-c2cc(-c3ccccc3)cc(-c3nc(-c4ccc(-c5ccc6c(c5)sc5ccccc56)cc4)nc(-c4cc(-c5ccccc5)cc(-c5ccccc5)c4)n3)c2)cc1. The van der Waals surface area contributed by atoms with E-state index in [9.17, 15) is 0 Å². The summed E-state index contributed by atoms with van der Waals surface area (Å²) in [6.07, 6.45) is 0. The highest BCUT2D eigenvalue weighted by molar-refractivity contribution is 7.25. The second-order valence-electron chi connectivity index (χ2n) is 15.3. The summed E-state index contributed by atoms with van der Waals surface area (Å²) in [5.74, 6) is 1.84. The molecule has 2 aromatic heterocycles. The lowest BCUT2D eigenvalue weighted by Gasteiger charge is -2.14. The van der Waals surface area contributed by atoms with Crippen LogP contribution < -0.4 is 0 Å². The molecule has 0 N–H and O–H groups in total. The van der Waals surface area contributed by atoms with Crippen molar-refractivity contribution >= 4 is 31.5 Å². The van der Waals surface area contributed by atoms with Gasteiger partial charge in [0.1, 0.15) is 0 Å². The van der Waals surface area contributed by atoms with Gasteiger partial charge in [-0.3, -0.25) is 0 Å². The molecule has 0 radical (unpaired) electrons. The minimum atomic E-state index is 0.612. The fraction of sp³-hybridized carbons (Fsp3) is 0. The second-order valence-corrected chi connectivity index (χ2v) is 16.3. The Hall–Kier alpha value is -7.79. The van der Waals surface area contributed by atoms with E-state index in [-0.39, 0.29) is 0 Å². The third kappa shape index (κ3) is 7.31. The smallest absolute Gasteiger partial charge is 0.164 e. The Balaban J connectivity index is 1.09. The lowest BCUT2D eigenvalue weighted by Crippen LogP contribution is -2.01. The molecule has 2 heterocycles. The van der Waals surface area contributed by atoms with Gasteiger partial charge in [-0.2, -0.15) is 0 Å². The van der Waals surface area contributed by atoms with Gasteiger partial charge in [0.2, 0.25) is 0 Å². The number of thiophene rings is 1. The summed E-state index contributed by atoms with van der Waals surface area (Å²) in [5.41, 5.74) is 14.0. The van der Waals surface area contributed by atoms with Gasteiger partial charge in [0, 0.05) is 36.9 Å². The molecule has 0 amide bonds. The van der Waals surface area contributed by atoms with E-state index in [1.54, 1.807) is 0 Å². The first-order chi connectivity index (χ1) is 30.2. The zero-order chi connectivity index (χ0) is 40.5. The van der Waals surface area contributed by atoms with Gasteiger partial charge in [-0.1, -0.05) is 176 Å². The third-order valence-electron chi connectivity index (χ3n) is 11.3. The van der Waals surface area contributed by atoms with Crippen LogP contribution in [-0.2, 0) is 0 Å². The molecule has 286 valence electrons. The van der Waals surface area contributed by atoms with Gasteiger partial charge in [-0.25, -0.2) is 15.0 Å². The van der Waals surface area contributed by atoms with Crippen LogP contribution in [0.4, 0.5) is 0 Å². The molecule has 0 aliphatic rings. The van der Waals surface area contributed by atoms with E-state index in [0.717, 1.165) is 66.8 Å². The summed E-state index contributed by atoms with van der Waals surface area (Å²) in [6, 6.07) is 79.4. The predicted molar refractivity (Wildman–Crippen MR) is 256 cm³/mol. The van der Waals surface area contributed by atoms with Gasteiger partial charge in [0.25, 0.3) is 0 Å². The van der Waals surface area contributed by atoms with Crippen molar-refractivity contribution in [2.24, 2.45) is 0 Å². The first-order valence-corrected chi connectivity index (χ1v) is 21.3. The van der Waals surface area contributed by atoms with E-state index >= 15 is 0 Å². The van der Waals surface area contributed by atoms with Gasteiger partial charge in [0.15, 0.2) is 17.5 Å². The first kappa shape index (κ1) is 36.3. The highest BCUT2D eigenvalue weighted by Gasteiger charge is 2.17. The van der Waals surface area contributed by atoms with Gasteiger partial charge in [-0.05, 0) is 104 Å². The molecule has 11 aromatic rings. The summed E-state index contributed by atoms with van der Waals surface area (Å²) in [6.45, 7) is 0. The molecular formula is C57H37N3S. The Labute approximate surface area is 359 Å². The van der Waals surface area contributed by atoms with Crippen molar-refractivity contribution in [1.82, 2.24) is 15.0 Å². The van der Waals surface area contributed by atoms with Crippen molar-refractivity contribution in [2.75, 3.05) is 0 Å². The number of hydrogen-bond acceptors (Lipinski definition) is 4. The van der Waals surface area contributed by atoms with Crippen LogP contribution >= 0.6 is 11.3 Å². The largest absolute Gasteiger partial charge is 0.208 e. The molecule has 0 saturated heterocycles. The second kappa shape index (κ2) is 15.8. The Kier molecular flexibility index (Phi) is 9.38.